The number of rotatable bonds is 64. The molecule has 87 heavy (non-hydrogen) atoms. The minimum atomic E-state index is -1.62. The second-order valence-electron chi connectivity index (χ2n) is 25.7. The molecule has 1 aliphatic rings. The third kappa shape index (κ3) is 50.7. The summed E-state index contributed by atoms with van der Waals surface area (Å²) in [6, 6.07) is -1.03. The van der Waals surface area contributed by atoms with E-state index in [9.17, 15) is 35.1 Å². The van der Waals surface area contributed by atoms with Gasteiger partial charge in [0.2, 0.25) is 5.91 Å². The smallest absolute Gasteiger partial charge is 0.306 e. The van der Waals surface area contributed by atoms with Crippen molar-refractivity contribution in [2.75, 3.05) is 13.2 Å². The summed E-state index contributed by atoms with van der Waals surface area (Å²) < 4.78 is 17.7. The molecule has 8 unspecified atom stereocenters. The number of aliphatic hydroxyl groups excluding tert-OH is 5. The van der Waals surface area contributed by atoms with Gasteiger partial charge in [0, 0.05) is 6.42 Å². The maximum atomic E-state index is 13.5. The van der Waals surface area contributed by atoms with Crippen LogP contribution >= 0.6 is 0 Å². The summed E-state index contributed by atoms with van der Waals surface area (Å²) in [6.45, 7) is 5.81. The normalized spacial score (nSPS) is 18.6. The molecule has 0 aromatic rings. The molecule has 6 N–H and O–H groups in total. The summed E-state index contributed by atoms with van der Waals surface area (Å²) in [7, 11) is 0. The van der Waals surface area contributed by atoms with Gasteiger partial charge >= 0.3 is 5.97 Å². The molecule has 1 saturated heterocycles. The van der Waals surface area contributed by atoms with Crippen molar-refractivity contribution >= 4 is 11.9 Å². The Balaban J connectivity index is 2.56. The molecule has 508 valence electrons. The fourth-order valence-corrected chi connectivity index (χ4v) is 11.5. The van der Waals surface area contributed by atoms with Gasteiger partial charge in [-0.15, -0.1) is 0 Å². The summed E-state index contributed by atoms with van der Waals surface area (Å²) in [5.41, 5.74) is 0. The Morgan fingerprint density at radius 1 is 0.448 bits per heavy atom. The molecule has 8 atom stereocenters. The van der Waals surface area contributed by atoms with Gasteiger partial charge < -0.3 is 45.1 Å². The zero-order valence-corrected chi connectivity index (χ0v) is 56.6. The van der Waals surface area contributed by atoms with Crippen molar-refractivity contribution in [2.24, 2.45) is 0 Å². The third-order valence-electron chi connectivity index (χ3n) is 17.4. The number of esters is 1. The second kappa shape index (κ2) is 63.5. The molecule has 1 heterocycles. The van der Waals surface area contributed by atoms with E-state index >= 15 is 0 Å². The van der Waals surface area contributed by atoms with Gasteiger partial charge in [-0.2, -0.15) is 0 Å². The SMILES string of the molecule is CCCCC/C=C\C/C=C\C/C=C\CCCCCCCCCCCCCCC(=O)OC1C(OCC(NC(=O)C(O)CCCCCCCCCCCC/C=C/CCCCCCCC)C(O)/C=C/CCCCCCCCCCCCC)OC(CO)C(O)C1O. The minimum absolute atomic E-state index is 0.122. The molecule has 0 aliphatic carbocycles. The first-order valence-corrected chi connectivity index (χ1v) is 37.1. The quantitative estimate of drug-likeness (QED) is 0.0195. The number of aliphatic hydroxyl groups is 5. The Hall–Kier alpha value is -2.64. The molecule has 0 radical (unpaired) electrons. The molecule has 0 spiro atoms. The maximum absolute atomic E-state index is 13.5. The summed E-state index contributed by atoms with van der Waals surface area (Å²) >= 11 is 0. The van der Waals surface area contributed by atoms with Gasteiger partial charge in [0.15, 0.2) is 12.4 Å². The Kier molecular flexibility index (Phi) is 60.1. The first kappa shape index (κ1) is 82.4. The number of amides is 1. The van der Waals surface area contributed by atoms with Crippen LogP contribution in [0.3, 0.4) is 0 Å². The van der Waals surface area contributed by atoms with E-state index in [1.807, 2.05) is 6.08 Å². The molecule has 1 amide bonds. The zero-order chi connectivity index (χ0) is 63.1. The number of hydrogen-bond acceptors (Lipinski definition) is 10. The Morgan fingerprint density at radius 3 is 1.22 bits per heavy atom. The van der Waals surface area contributed by atoms with Crippen LogP contribution in [0.1, 0.15) is 348 Å². The van der Waals surface area contributed by atoms with Gasteiger partial charge in [0.05, 0.1) is 25.4 Å². The Morgan fingerprint density at radius 2 is 0.793 bits per heavy atom. The van der Waals surface area contributed by atoms with Crippen molar-refractivity contribution in [2.45, 2.75) is 397 Å². The number of carbonyl (C=O) groups is 2. The predicted molar refractivity (Wildman–Crippen MR) is 366 cm³/mol. The van der Waals surface area contributed by atoms with Gasteiger partial charge in [0.25, 0.3) is 0 Å². The van der Waals surface area contributed by atoms with Crippen molar-refractivity contribution in [3.8, 4) is 0 Å². The fraction of sp³-hybridized carbons (Fsp3) is 0.842. The molecular weight excluding hydrogens is 1090 g/mol. The highest BCUT2D eigenvalue weighted by molar-refractivity contribution is 5.80. The maximum Gasteiger partial charge on any atom is 0.306 e. The van der Waals surface area contributed by atoms with E-state index in [0.717, 1.165) is 70.6 Å². The number of unbranched alkanes of at least 4 members (excludes halogenated alkanes) is 42. The average Bonchev–Trinajstić information content (AvgIpc) is 2.32. The van der Waals surface area contributed by atoms with Crippen LogP contribution in [0.4, 0.5) is 0 Å². The summed E-state index contributed by atoms with van der Waals surface area (Å²) in [4.78, 5) is 26.7. The molecule has 11 heteroatoms. The number of ether oxygens (including phenoxy) is 3. The number of hydrogen-bond donors (Lipinski definition) is 6. The largest absolute Gasteiger partial charge is 0.454 e. The lowest BCUT2D eigenvalue weighted by atomic mass is 9.99. The number of carbonyl (C=O) groups excluding carboxylic acids is 2. The minimum Gasteiger partial charge on any atom is -0.454 e. The van der Waals surface area contributed by atoms with Crippen molar-refractivity contribution in [3.63, 3.8) is 0 Å². The van der Waals surface area contributed by atoms with E-state index < -0.39 is 67.4 Å². The summed E-state index contributed by atoms with van der Waals surface area (Å²) in [5, 5.41) is 57.3. The van der Waals surface area contributed by atoms with Crippen molar-refractivity contribution in [1.82, 2.24) is 5.32 Å². The molecule has 0 saturated carbocycles. The highest BCUT2D eigenvalue weighted by Crippen LogP contribution is 2.26. The van der Waals surface area contributed by atoms with Crippen LogP contribution in [0, 0.1) is 0 Å². The first-order valence-electron chi connectivity index (χ1n) is 37.1. The van der Waals surface area contributed by atoms with E-state index in [1.54, 1.807) is 6.08 Å². The Labute approximate surface area is 535 Å². The molecule has 0 bridgehead atoms. The molecule has 0 aromatic carbocycles. The monoisotopic (exact) mass is 1230 g/mol. The van der Waals surface area contributed by atoms with E-state index in [4.69, 9.17) is 14.2 Å². The van der Waals surface area contributed by atoms with Gasteiger partial charge in [-0.1, -0.05) is 313 Å². The van der Waals surface area contributed by atoms with Gasteiger partial charge in [0.1, 0.15) is 24.4 Å². The number of allylic oxidation sites excluding steroid dienone is 9. The highest BCUT2D eigenvalue weighted by atomic mass is 16.7. The fourth-order valence-electron chi connectivity index (χ4n) is 11.5. The van der Waals surface area contributed by atoms with Crippen LogP contribution in [0.25, 0.3) is 0 Å². The van der Waals surface area contributed by atoms with Gasteiger partial charge in [-0.25, -0.2) is 0 Å². The lowest BCUT2D eigenvalue weighted by Gasteiger charge is -2.41. The molecule has 1 fully saturated rings. The van der Waals surface area contributed by atoms with Gasteiger partial charge in [-0.05, 0) is 89.9 Å². The third-order valence-corrected chi connectivity index (χ3v) is 17.4. The average molecular weight is 1230 g/mol. The van der Waals surface area contributed by atoms with Crippen LogP contribution < -0.4 is 5.32 Å². The lowest BCUT2D eigenvalue weighted by molar-refractivity contribution is -0.305. The Bertz CT molecular complexity index is 1650. The van der Waals surface area contributed by atoms with Crippen LogP contribution in [-0.4, -0.2) is 99.6 Å². The van der Waals surface area contributed by atoms with E-state index in [0.29, 0.717) is 19.3 Å². The van der Waals surface area contributed by atoms with Crippen molar-refractivity contribution in [1.29, 1.82) is 0 Å². The summed E-state index contributed by atoms with van der Waals surface area (Å²) in [5.74, 6) is -1.19. The first-order chi connectivity index (χ1) is 42.7. The predicted octanol–water partition coefficient (Wildman–Crippen LogP) is 19.3. The molecular formula is C76H139NO10. The number of nitrogens with one attached hydrogen (secondary N) is 1. The van der Waals surface area contributed by atoms with Crippen LogP contribution in [0.2, 0.25) is 0 Å². The second-order valence-corrected chi connectivity index (χ2v) is 25.7. The van der Waals surface area contributed by atoms with Crippen LogP contribution in [0.5, 0.6) is 0 Å². The topological polar surface area (TPSA) is 175 Å². The van der Waals surface area contributed by atoms with Crippen molar-refractivity contribution in [3.05, 3.63) is 60.8 Å². The van der Waals surface area contributed by atoms with E-state index in [1.165, 1.54) is 231 Å². The van der Waals surface area contributed by atoms with E-state index in [2.05, 4.69) is 74.7 Å². The zero-order valence-electron chi connectivity index (χ0n) is 56.6. The van der Waals surface area contributed by atoms with Gasteiger partial charge in [-0.3, -0.25) is 9.59 Å². The van der Waals surface area contributed by atoms with Crippen LogP contribution in [0.15, 0.2) is 60.8 Å². The van der Waals surface area contributed by atoms with Crippen molar-refractivity contribution < 1.29 is 49.3 Å². The van der Waals surface area contributed by atoms with Crippen LogP contribution in [-0.2, 0) is 23.8 Å². The molecule has 11 nitrogen and oxygen atoms in total. The summed E-state index contributed by atoms with van der Waals surface area (Å²) in [6.07, 6.45) is 71.1. The standard InChI is InChI=1S/C76H139NO10/c1-4-7-10-13-16-19-22-25-27-29-31-33-34-35-36-37-39-41-43-46-49-52-55-58-61-64-71(81)87-74-73(83)72(82)70(65-78)86-76(74)85-66-67(68(79)62-59-56-53-50-47-44-24-21-18-15-12-9-6-3)77-75(84)69(80)63-60-57-54-51-48-45-42-40-38-32-30-28-26-23-20-17-14-11-8-5-2/h16,19,25-28,31,33,59,62,67-70,72-74,76,78-80,82-83H,4-15,17-18,20-24,29-30,32,34-58,60-61,63-66H2,1-3H3,(H,77,84)/b19-16-,27-25-,28-26+,33-31-,62-59+. The molecule has 1 aliphatic heterocycles. The van der Waals surface area contributed by atoms with E-state index in [-0.39, 0.29) is 13.0 Å². The highest BCUT2D eigenvalue weighted by Gasteiger charge is 2.47. The molecule has 0 aromatic heterocycles. The lowest BCUT2D eigenvalue weighted by Crippen LogP contribution is -2.61. The molecule has 1 rings (SSSR count).